The molecular formula is C20H28F3N3O2S2. The molecule has 0 aromatic heterocycles. The highest BCUT2D eigenvalue weighted by Crippen LogP contribution is 2.33. The van der Waals surface area contributed by atoms with Crippen LogP contribution in [-0.4, -0.2) is 64.3 Å². The first-order valence-electron chi connectivity index (χ1n) is 9.83. The molecule has 10 heteroatoms. The minimum absolute atomic E-state index is 0.0688. The minimum Gasteiger partial charge on any atom is -0.334 e. The number of thiol groups is 1. The Hall–Kier alpha value is -1.39. The van der Waals surface area contributed by atoms with E-state index in [1.54, 1.807) is 22.7 Å². The highest BCUT2D eigenvalue weighted by Gasteiger charge is 2.50. The third-order valence-corrected chi connectivity index (χ3v) is 6.34. The van der Waals surface area contributed by atoms with Gasteiger partial charge in [0.05, 0.1) is 17.3 Å². The lowest BCUT2D eigenvalue weighted by atomic mass is 9.96. The Bertz CT molecular complexity index is 711. The highest BCUT2D eigenvalue weighted by molar-refractivity contribution is 7.98. The summed E-state index contributed by atoms with van der Waals surface area (Å²) in [5, 5.41) is 3.38. The Kier molecular flexibility index (Phi) is 8.93. The van der Waals surface area contributed by atoms with Gasteiger partial charge in [-0.2, -0.15) is 24.9 Å². The van der Waals surface area contributed by atoms with Crippen LogP contribution in [0.4, 0.5) is 18.0 Å². The summed E-state index contributed by atoms with van der Waals surface area (Å²) < 4.78 is 35.4. The molecule has 5 nitrogen and oxygen atoms in total. The van der Waals surface area contributed by atoms with E-state index in [2.05, 4.69) is 24.2 Å². The first-order valence-corrected chi connectivity index (χ1v) is 11.7. The second kappa shape index (κ2) is 10.8. The lowest BCUT2D eigenvalue weighted by Crippen LogP contribution is -2.59. The van der Waals surface area contributed by atoms with Crippen LogP contribution >= 0.6 is 24.4 Å². The van der Waals surface area contributed by atoms with E-state index in [-0.39, 0.29) is 22.9 Å². The molecule has 2 aliphatic heterocycles. The van der Waals surface area contributed by atoms with Crippen LogP contribution in [0, 0.1) is 0 Å². The zero-order valence-electron chi connectivity index (χ0n) is 17.1. The molecule has 1 unspecified atom stereocenters. The van der Waals surface area contributed by atoms with Crippen molar-refractivity contribution in [3.8, 4) is 0 Å². The van der Waals surface area contributed by atoms with Crippen molar-refractivity contribution < 1.29 is 22.8 Å². The molecule has 30 heavy (non-hydrogen) atoms. The van der Waals surface area contributed by atoms with Crippen LogP contribution in [0.1, 0.15) is 31.7 Å². The van der Waals surface area contributed by atoms with Crippen LogP contribution in [0.2, 0.25) is 0 Å². The summed E-state index contributed by atoms with van der Waals surface area (Å²) in [4.78, 5) is 27.5. The van der Waals surface area contributed by atoms with E-state index in [9.17, 15) is 22.8 Å². The number of likely N-dealkylation sites (N-methyl/N-ethyl adjacent to an activating group) is 1. The van der Waals surface area contributed by atoms with Gasteiger partial charge in [-0.15, -0.1) is 0 Å². The molecule has 0 saturated carbocycles. The van der Waals surface area contributed by atoms with E-state index in [4.69, 9.17) is 0 Å². The van der Waals surface area contributed by atoms with Crippen LogP contribution in [0.3, 0.4) is 0 Å². The van der Waals surface area contributed by atoms with Gasteiger partial charge in [0.15, 0.2) is 0 Å². The molecule has 2 heterocycles. The number of benzene rings is 1. The van der Waals surface area contributed by atoms with Gasteiger partial charge in [-0.1, -0.05) is 43.0 Å². The van der Waals surface area contributed by atoms with E-state index >= 15 is 0 Å². The molecule has 168 valence electrons. The maximum Gasteiger partial charge on any atom is 0.416 e. The van der Waals surface area contributed by atoms with Crippen LogP contribution in [0.5, 0.6) is 0 Å². The van der Waals surface area contributed by atoms with Crippen molar-refractivity contribution >= 4 is 35.5 Å². The molecule has 1 N–H and O–H groups in total. The standard InChI is InChI=1S/C13H23N3O2S2.C7H5F3/c1-3-16-11(17)10(4-9-20-2)14-13(16)5-7-15(8-6-13)12(18)19;8-7(9,10)6-4-2-1-3-5-6/h10,14H,3-9H2,1-2H3,(H,18,19);1-5H. The van der Waals surface area contributed by atoms with Crippen LogP contribution < -0.4 is 5.32 Å². The number of amides is 2. The Labute approximate surface area is 185 Å². The van der Waals surface area contributed by atoms with Gasteiger partial charge in [0, 0.05) is 32.5 Å². The fraction of sp³-hybridized carbons (Fsp3) is 0.600. The Morgan fingerprint density at radius 2 is 1.87 bits per heavy atom. The summed E-state index contributed by atoms with van der Waals surface area (Å²) in [6, 6.07) is 6.29. The highest BCUT2D eigenvalue weighted by atomic mass is 32.2. The van der Waals surface area contributed by atoms with Crippen molar-refractivity contribution in [2.24, 2.45) is 0 Å². The Balaban J connectivity index is 0.000000269. The molecule has 1 aromatic rings. The predicted octanol–water partition coefficient (Wildman–Crippen LogP) is 4.11. The van der Waals surface area contributed by atoms with Crippen molar-refractivity contribution in [3.63, 3.8) is 0 Å². The smallest absolute Gasteiger partial charge is 0.334 e. The number of nitrogens with zero attached hydrogens (tertiary/aromatic N) is 2. The monoisotopic (exact) mass is 463 g/mol. The topological polar surface area (TPSA) is 52.7 Å². The SMILES string of the molecule is CCN1C(=O)C(CCSC)NC12CCN(C(=O)S)CC2.FC(F)(F)c1ccccc1. The number of likely N-dealkylation sites (tertiary alicyclic amines) is 1. The number of alkyl halides is 3. The average Bonchev–Trinajstić information content (AvgIpc) is 2.97. The number of carbonyl (C=O) groups excluding carboxylic acids is 2. The summed E-state index contributed by atoms with van der Waals surface area (Å²) in [5.41, 5.74) is -0.857. The van der Waals surface area contributed by atoms with Crippen molar-refractivity contribution in [2.45, 2.75) is 44.1 Å². The predicted molar refractivity (Wildman–Crippen MR) is 117 cm³/mol. The van der Waals surface area contributed by atoms with E-state index in [1.165, 1.54) is 12.1 Å². The van der Waals surface area contributed by atoms with Crippen molar-refractivity contribution in [1.82, 2.24) is 15.1 Å². The van der Waals surface area contributed by atoms with Crippen molar-refractivity contribution in [3.05, 3.63) is 35.9 Å². The second-order valence-electron chi connectivity index (χ2n) is 7.23. The van der Waals surface area contributed by atoms with Gasteiger partial charge in [0.25, 0.3) is 5.24 Å². The van der Waals surface area contributed by atoms with Gasteiger partial charge in [0.1, 0.15) is 0 Å². The number of carbonyl (C=O) groups is 2. The lowest BCUT2D eigenvalue weighted by molar-refractivity contribution is -0.137. The van der Waals surface area contributed by atoms with Gasteiger partial charge in [-0.3, -0.25) is 14.9 Å². The van der Waals surface area contributed by atoms with Crippen LogP contribution in [0.25, 0.3) is 0 Å². The normalized spacial score (nSPS) is 20.9. The number of piperidine rings is 1. The summed E-state index contributed by atoms with van der Waals surface area (Å²) >= 11 is 5.65. The van der Waals surface area contributed by atoms with Gasteiger partial charge < -0.3 is 9.80 Å². The minimum atomic E-state index is -4.21. The summed E-state index contributed by atoms with van der Waals surface area (Å²) in [7, 11) is 0. The zero-order chi connectivity index (χ0) is 22.4. The van der Waals surface area contributed by atoms with Gasteiger partial charge in [-0.25, -0.2) is 0 Å². The number of halogens is 3. The third kappa shape index (κ3) is 6.07. The van der Waals surface area contributed by atoms with E-state index in [1.807, 2.05) is 11.8 Å². The first kappa shape index (κ1) is 24.9. The molecule has 1 spiro atoms. The maximum atomic E-state index is 12.5. The Morgan fingerprint density at radius 3 is 2.30 bits per heavy atom. The lowest BCUT2D eigenvalue weighted by Gasteiger charge is -2.44. The number of rotatable bonds is 4. The zero-order valence-corrected chi connectivity index (χ0v) is 18.8. The number of hydrogen-bond donors (Lipinski definition) is 2. The van der Waals surface area contributed by atoms with Crippen molar-refractivity contribution in [1.29, 1.82) is 0 Å². The van der Waals surface area contributed by atoms with Gasteiger partial charge in [-0.05, 0) is 25.4 Å². The molecule has 1 atom stereocenters. The molecule has 3 rings (SSSR count). The Morgan fingerprint density at radius 1 is 1.27 bits per heavy atom. The molecule has 2 saturated heterocycles. The number of hydrogen-bond acceptors (Lipinski definition) is 4. The molecular weight excluding hydrogens is 435 g/mol. The van der Waals surface area contributed by atoms with Crippen LogP contribution in [-0.2, 0) is 11.0 Å². The summed E-state index contributed by atoms with van der Waals surface area (Å²) in [6.45, 7) is 4.06. The van der Waals surface area contributed by atoms with Crippen LogP contribution in [0.15, 0.2) is 30.3 Å². The largest absolute Gasteiger partial charge is 0.416 e. The van der Waals surface area contributed by atoms with Gasteiger partial charge >= 0.3 is 6.18 Å². The molecule has 0 aliphatic carbocycles. The van der Waals surface area contributed by atoms with E-state index in [0.29, 0.717) is 13.1 Å². The second-order valence-corrected chi connectivity index (χ2v) is 8.59. The summed E-state index contributed by atoms with van der Waals surface area (Å²) in [6.07, 6.45) is 0.293. The number of nitrogens with one attached hydrogen (secondary N) is 1. The van der Waals surface area contributed by atoms with Crippen molar-refractivity contribution in [2.75, 3.05) is 31.6 Å². The summed E-state index contributed by atoms with van der Waals surface area (Å²) in [5.74, 6) is 1.20. The molecule has 2 aliphatic rings. The van der Waals surface area contributed by atoms with Gasteiger partial charge in [0.2, 0.25) is 5.91 Å². The molecule has 2 fully saturated rings. The first-order chi connectivity index (χ1) is 14.1. The van der Waals surface area contributed by atoms with E-state index < -0.39 is 11.7 Å². The maximum absolute atomic E-state index is 12.5. The molecule has 0 radical (unpaired) electrons. The fourth-order valence-corrected chi connectivity index (χ4v) is 4.53. The van der Waals surface area contributed by atoms with E-state index in [0.717, 1.165) is 43.7 Å². The quantitative estimate of drug-likeness (QED) is 0.660. The average molecular weight is 464 g/mol. The molecule has 1 aromatic carbocycles. The molecule has 2 amide bonds. The number of thioether (sulfide) groups is 1. The molecule has 0 bridgehead atoms. The third-order valence-electron chi connectivity index (χ3n) is 5.41. The fourth-order valence-electron chi connectivity index (χ4n) is 3.86.